The standard InChI is InChI=1S/C21H24N2O4/c1-4-14-26-19-9-7-6-8-17(19)20(24)22-23-21(25)18(5-2)27-16-12-10-15(3)11-13-16/h4,6-13,18H,1,5,14H2,2-3H3,(H,22,24)(H,23,25). The van der Waals surface area contributed by atoms with Crippen molar-refractivity contribution >= 4 is 11.8 Å². The van der Waals surface area contributed by atoms with Crippen LogP contribution in [0.3, 0.4) is 0 Å². The summed E-state index contributed by atoms with van der Waals surface area (Å²) in [4.78, 5) is 24.7. The number of carbonyl (C=O) groups excluding carboxylic acids is 2. The van der Waals surface area contributed by atoms with Crippen molar-refractivity contribution in [3.8, 4) is 11.5 Å². The summed E-state index contributed by atoms with van der Waals surface area (Å²) in [5.74, 6) is 0.0910. The minimum absolute atomic E-state index is 0.277. The number of hydrazine groups is 1. The molecular weight excluding hydrogens is 344 g/mol. The number of ether oxygens (including phenoxy) is 2. The zero-order chi connectivity index (χ0) is 19.6. The number of hydrogen-bond acceptors (Lipinski definition) is 4. The molecule has 2 amide bonds. The smallest absolute Gasteiger partial charge is 0.279 e. The molecule has 6 nitrogen and oxygen atoms in total. The van der Waals surface area contributed by atoms with Gasteiger partial charge >= 0.3 is 0 Å². The average molecular weight is 368 g/mol. The maximum atomic E-state index is 12.4. The van der Waals surface area contributed by atoms with Gasteiger partial charge in [-0.15, -0.1) is 0 Å². The molecule has 2 N–H and O–H groups in total. The maximum absolute atomic E-state index is 12.4. The van der Waals surface area contributed by atoms with Crippen LogP contribution >= 0.6 is 0 Å². The second-order valence-electron chi connectivity index (χ2n) is 5.87. The minimum Gasteiger partial charge on any atom is -0.489 e. The number of rotatable bonds is 8. The zero-order valence-corrected chi connectivity index (χ0v) is 15.5. The molecule has 0 aliphatic heterocycles. The van der Waals surface area contributed by atoms with Gasteiger partial charge in [0.1, 0.15) is 18.1 Å². The van der Waals surface area contributed by atoms with Crippen LogP contribution in [0.4, 0.5) is 0 Å². The molecule has 2 aromatic rings. The quantitative estimate of drug-likeness (QED) is 0.554. The Bertz CT molecular complexity index is 787. The molecule has 0 fully saturated rings. The Morgan fingerprint density at radius 2 is 1.81 bits per heavy atom. The van der Waals surface area contributed by atoms with Crippen molar-refractivity contribution in [3.05, 3.63) is 72.3 Å². The first-order valence-corrected chi connectivity index (χ1v) is 8.71. The van der Waals surface area contributed by atoms with E-state index in [2.05, 4.69) is 17.4 Å². The highest BCUT2D eigenvalue weighted by Gasteiger charge is 2.20. The lowest BCUT2D eigenvalue weighted by Gasteiger charge is -2.18. The summed E-state index contributed by atoms with van der Waals surface area (Å²) in [7, 11) is 0. The van der Waals surface area contributed by atoms with Crippen molar-refractivity contribution in [2.75, 3.05) is 6.61 Å². The summed E-state index contributed by atoms with van der Waals surface area (Å²) in [6.07, 6.45) is 1.32. The first-order valence-electron chi connectivity index (χ1n) is 8.71. The molecule has 0 saturated heterocycles. The summed E-state index contributed by atoms with van der Waals surface area (Å²) in [5, 5.41) is 0. The normalized spacial score (nSPS) is 11.2. The summed E-state index contributed by atoms with van der Waals surface area (Å²) >= 11 is 0. The summed E-state index contributed by atoms with van der Waals surface area (Å²) in [6, 6.07) is 14.2. The van der Waals surface area contributed by atoms with Gasteiger partial charge in [-0.05, 0) is 37.6 Å². The van der Waals surface area contributed by atoms with Gasteiger partial charge in [-0.25, -0.2) is 0 Å². The van der Waals surface area contributed by atoms with Crippen molar-refractivity contribution < 1.29 is 19.1 Å². The highest BCUT2D eigenvalue weighted by molar-refractivity contribution is 5.98. The van der Waals surface area contributed by atoms with Crippen molar-refractivity contribution in [2.45, 2.75) is 26.4 Å². The Morgan fingerprint density at radius 3 is 2.48 bits per heavy atom. The summed E-state index contributed by atoms with van der Waals surface area (Å²) in [5.41, 5.74) is 6.22. The highest BCUT2D eigenvalue weighted by Crippen LogP contribution is 2.18. The SMILES string of the molecule is C=CCOc1ccccc1C(=O)NNC(=O)C(CC)Oc1ccc(C)cc1. The predicted octanol–water partition coefficient (Wildman–Crippen LogP) is 3.18. The van der Waals surface area contributed by atoms with Crippen LogP contribution in [0.1, 0.15) is 29.3 Å². The second-order valence-corrected chi connectivity index (χ2v) is 5.87. The van der Waals surface area contributed by atoms with Crippen LogP contribution < -0.4 is 20.3 Å². The predicted molar refractivity (Wildman–Crippen MR) is 104 cm³/mol. The van der Waals surface area contributed by atoms with Crippen LogP contribution in [0.2, 0.25) is 0 Å². The molecule has 0 aromatic heterocycles. The Kier molecular flexibility index (Phi) is 7.43. The summed E-state index contributed by atoms with van der Waals surface area (Å²) in [6.45, 7) is 7.66. The number of para-hydroxylation sites is 1. The Balaban J connectivity index is 1.96. The largest absolute Gasteiger partial charge is 0.489 e. The molecule has 142 valence electrons. The lowest BCUT2D eigenvalue weighted by atomic mass is 10.2. The number of carbonyl (C=O) groups is 2. The fraction of sp³-hybridized carbons (Fsp3) is 0.238. The van der Waals surface area contributed by atoms with E-state index in [1.165, 1.54) is 0 Å². The molecule has 0 aliphatic rings. The Morgan fingerprint density at radius 1 is 1.11 bits per heavy atom. The number of hydrogen-bond donors (Lipinski definition) is 2. The van der Waals surface area contributed by atoms with E-state index in [1.54, 1.807) is 42.5 Å². The molecule has 0 aliphatic carbocycles. The van der Waals surface area contributed by atoms with Crippen LogP contribution in [0.25, 0.3) is 0 Å². The number of benzene rings is 2. The van der Waals surface area contributed by atoms with Crippen LogP contribution in [-0.4, -0.2) is 24.5 Å². The van der Waals surface area contributed by atoms with Crippen LogP contribution in [0.15, 0.2) is 61.2 Å². The van der Waals surface area contributed by atoms with E-state index < -0.39 is 17.9 Å². The maximum Gasteiger partial charge on any atom is 0.279 e. The van der Waals surface area contributed by atoms with Crippen molar-refractivity contribution in [2.24, 2.45) is 0 Å². The highest BCUT2D eigenvalue weighted by atomic mass is 16.5. The molecule has 0 saturated carbocycles. The van der Waals surface area contributed by atoms with E-state index in [9.17, 15) is 9.59 Å². The van der Waals surface area contributed by atoms with E-state index in [-0.39, 0.29) is 6.61 Å². The van der Waals surface area contributed by atoms with Crippen LogP contribution in [0, 0.1) is 6.92 Å². The molecule has 0 spiro atoms. The van der Waals surface area contributed by atoms with E-state index in [1.807, 2.05) is 26.0 Å². The van der Waals surface area contributed by atoms with Crippen LogP contribution in [-0.2, 0) is 4.79 Å². The van der Waals surface area contributed by atoms with Gasteiger partial charge in [-0.1, -0.05) is 49.4 Å². The average Bonchev–Trinajstić information content (AvgIpc) is 2.70. The Hall–Kier alpha value is -3.28. The van der Waals surface area contributed by atoms with Gasteiger partial charge in [0.05, 0.1) is 5.56 Å². The number of nitrogens with one attached hydrogen (secondary N) is 2. The van der Waals surface area contributed by atoms with Crippen molar-refractivity contribution in [1.82, 2.24) is 10.9 Å². The molecule has 0 bridgehead atoms. The molecule has 1 atom stereocenters. The third-order valence-corrected chi connectivity index (χ3v) is 3.75. The van der Waals surface area contributed by atoms with E-state index in [4.69, 9.17) is 9.47 Å². The molecule has 27 heavy (non-hydrogen) atoms. The molecule has 0 heterocycles. The van der Waals surface area contributed by atoms with Crippen molar-refractivity contribution in [1.29, 1.82) is 0 Å². The van der Waals surface area contributed by atoms with Gasteiger partial charge in [0.25, 0.3) is 11.8 Å². The van der Waals surface area contributed by atoms with Gasteiger partial charge in [0.15, 0.2) is 6.10 Å². The van der Waals surface area contributed by atoms with Crippen molar-refractivity contribution in [3.63, 3.8) is 0 Å². The summed E-state index contributed by atoms with van der Waals surface area (Å²) < 4.78 is 11.2. The third kappa shape index (κ3) is 5.88. The molecule has 6 heteroatoms. The van der Waals surface area contributed by atoms with Gasteiger partial charge in [-0.3, -0.25) is 20.4 Å². The number of amides is 2. The Labute approximate surface area is 159 Å². The van der Waals surface area contributed by atoms with E-state index in [0.717, 1.165) is 5.56 Å². The number of aryl methyl sites for hydroxylation is 1. The third-order valence-electron chi connectivity index (χ3n) is 3.75. The van der Waals surface area contributed by atoms with Gasteiger partial charge in [-0.2, -0.15) is 0 Å². The molecular formula is C21H24N2O4. The van der Waals surface area contributed by atoms with Gasteiger partial charge in [0.2, 0.25) is 0 Å². The minimum atomic E-state index is -0.722. The molecule has 2 rings (SSSR count). The van der Waals surface area contributed by atoms with Crippen LogP contribution in [0.5, 0.6) is 11.5 Å². The molecule has 0 radical (unpaired) electrons. The fourth-order valence-corrected chi connectivity index (χ4v) is 2.30. The topological polar surface area (TPSA) is 76.7 Å². The lowest BCUT2D eigenvalue weighted by Crippen LogP contribution is -2.48. The monoisotopic (exact) mass is 368 g/mol. The fourth-order valence-electron chi connectivity index (χ4n) is 2.30. The second kappa shape index (κ2) is 10.0. The van der Waals surface area contributed by atoms with Gasteiger partial charge < -0.3 is 9.47 Å². The first-order chi connectivity index (χ1) is 13.0. The zero-order valence-electron chi connectivity index (χ0n) is 15.5. The van der Waals surface area contributed by atoms with E-state index in [0.29, 0.717) is 23.5 Å². The molecule has 2 aromatic carbocycles. The first kappa shape index (κ1) is 20.0. The molecule has 1 unspecified atom stereocenters. The van der Waals surface area contributed by atoms with E-state index >= 15 is 0 Å². The lowest BCUT2D eigenvalue weighted by molar-refractivity contribution is -0.128. The van der Waals surface area contributed by atoms with Gasteiger partial charge in [0, 0.05) is 0 Å².